The molecule has 3 heterocycles. The van der Waals surface area contributed by atoms with Gasteiger partial charge in [-0.3, -0.25) is 9.69 Å². The summed E-state index contributed by atoms with van der Waals surface area (Å²) < 4.78 is 5.93. The van der Waals surface area contributed by atoms with Crippen molar-refractivity contribution in [2.24, 2.45) is 0 Å². The molecule has 0 radical (unpaired) electrons. The normalized spacial score (nSPS) is 19.7. The van der Waals surface area contributed by atoms with E-state index in [1.54, 1.807) is 6.92 Å². The van der Waals surface area contributed by atoms with E-state index in [4.69, 9.17) is 9.72 Å². The quantitative estimate of drug-likeness (QED) is 0.780. The molecule has 154 valence electrons. The van der Waals surface area contributed by atoms with Gasteiger partial charge in [-0.05, 0) is 44.0 Å². The van der Waals surface area contributed by atoms with Gasteiger partial charge in [0.25, 0.3) is 0 Å². The number of fused-ring (bicyclic) bond motifs is 1. The molecule has 6 heteroatoms. The molecule has 0 bridgehead atoms. The zero-order valence-corrected chi connectivity index (χ0v) is 17.4. The minimum Gasteiger partial charge on any atom is -0.492 e. The zero-order valence-electron chi connectivity index (χ0n) is 17.4. The van der Waals surface area contributed by atoms with Crippen LogP contribution in [0.5, 0.6) is 5.75 Å². The van der Waals surface area contributed by atoms with Crippen LogP contribution in [0, 0.1) is 6.92 Å². The summed E-state index contributed by atoms with van der Waals surface area (Å²) in [7, 11) is 0. The fourth-order valence-corrected chi connectivity index (χ4v) is 4.26. The van der Waals surface area contributed by atoms with E-state index in [0.29, 0.717) is 19.1 Å². The molecule has 0 spiro atoms. The lowest BCUT2D eigenvalue weighted by molar-refractivity contribution is -0.129. The summed E-state index contributed by atoms with van der Waals surface area (Å²) in [5, 5.41) is 0. The summed E-state index contributed by atoms with van der Waals surface area (Å²) in [5.74, 6) is 2.40. The van der Waals surface area contributed by atoms with Crippen LogP contribution in [-0.4, -0.2) is 58.5 Å². The standard InChI is InChI=1S/C23H30N4O2/c1-17-5-3-7-21(13-17)29-12-11-26-9-4-6-19(15-26)23-24-14-20-16-27(18(2)28)10-8-22(20)25-23/h3,5,7,13-14,19H,4,6,8-12,15-16H2,1-2H3/t19-/m1/s1. The summed E-state index contributed by atoms with van der Waals surface area (Å²) in [6.07, 6.45) is 5.05. The highest BCUT2D eigenvalue weighted by atomic mass is 16.5. The predicted octanol–water partition coefficient (Wildman–Crippen LogP) is 2.95. The Morgan fingerprint density at radius 1 is 1.31 bits per heavy atom. The van der Waals surface area contributed by atoms with E-state index in [1.165, 1.54) is 5.56 Å². The maximum absolute atomic E-state index is 11.6. The number of ether oxygens (including phenoxy) is 1. The van der Waals surface area contributed by atoms with Gasteiger partial charge < -0.3 is 9.64 Å². The van der Waals surface area contributed by atoms with Gasteiger partial charge >= 0.3 is 0 Å². The van der Waals surface area contributed by atoms with Crippen LogP contribution in [0.4, 0.5) is 0 Å². The Balaban J connectivity index is 1.33. The van der Waals surface area contributed by atoms with E-state index >= 15 is 0 Å². The molecule has 1 aromatic carbocycles. The lowest BCUT2D eigenvalue weighted by Crippen LogP contribution is -2.38. The second-order valence-corrected chi connectivity index (χ2v) is 8.20. The van der Waals surface area contributed by atoms with Gasteiger partial charge in [-0.15, -0.1) is 0 Å². The third-order valence-electron chi connectivity index (χ3n) is 5.93. The average Bonchev–Trinajstić information content (AvgIpc) is 2.73. The molecule has 2 aromatic rings. The van der Waals surface area contributed by atoms with Crippen LogP contribution in [0.2, 0.25) is 0 Å². The van der Waals surface area contributed by atoms with Gasteiger partial charge in [0.1, 0.15) is 18.2 Å². The number of aromatic nitrogens is 2. The predicted molar refractivity (Wildman–Crippen MR) is 112 cm³/mol. The second-order valence-electron chi connectivity index (χ2n) is 8.20. The minimum absolute atomic E-state index is 0.121. The molecule has 2 aliphatic rings. The van der Waals surface area contributed by atoms with Gasteiger partial charge in [0.2, 0.25) is 5.91 Å². The second kappa shape index (κ2) is 8.91. The van der Waals surface area contributed by atoms with Crippen LogP contribution in [0.3, 0.4) is 0 Å². The van der Waals surface area contributed by atoms with Crippen LogP contribution < -0.4 is 4.74 Å². The van der Waals surface area contributed by atoms with Gasteiger partial charge in [0, 0.05) is 57.2 Å². The molecule has 1 atom stereocenters. The van der Waals surface area contributed by atoms with Gasteiger partial charge in [0.05, 0.1) is 5.69 Å². The molecular formula is C23H30N4O2. The van der Waals surface area contributed by atoms with Crippen molar-refractivity contribution in [1.82, 2.24) is 19.8 Å². The van der Waals surface area contributed by atoms with Gasteiger partial charge in [-0.1, -0.05) is 12.1 Å². The van der Waals surface area contributed by atoms with E-state index in [1.807, 2.05) is 23.2 Å². The Morgan fingerprint density at radius 3 is 3.03 bits per heavy atom. The summed E-state index contributed by atoms with van der Waals surface area (Å²) in [5.41, 5.74) is 3.43. The summed E-state index contributed by atoms with van der Waals surface area (Å²) in [6, 6.07) is 8.20. The van der Waals surface area contributed by atoms with E-state index in [0.717, 1.165) is 68.3 Å². The molecule has 0 saturated carbocycles. The van der Waals surface area contributed by atoms with Crippen molar-refractivity contribution in [3.8, 4) is 5.75 Å². The van der Waals surface area contributed by atoms with E-state index < -0.39 is 0 Å². The number of benzene rings is 1. The maximum Gasteiger partial charge on any atom is 0.219 e. The summed E-state index contributed by atoms with van der Waals surface area (Å²) in [6.45, 7) is 8.80. The van der Waals surface area contributed by atoms with Gasteiger partial charge in [0.15, 0.2) is 0 Å². The molecule has 1 amide bonds. The van der Waals surface area contributed by atoms with Crippen molar-refractivity contribution in [3.63, 3.8) is 0 Å². The number of hydrogen-bond acceptors (Lipinski definition) is 5. The molecule has 2 aliphatic heterocycles. The fraction of sp³-hybridized carbons (Fsp3) is 0.522. The molecule has 0 aliphatic carbocycles. The average molecular weight is 395 g/mol. The molecular weight excluding hydrogens is 364 g/mol. The highest BCUT2D eigenvalue weighted by molar-refractivity contribution is 5.73. The number of amides is 1. The van der Waals surface area contributed by atoms with Crippen molar-refractivity contribution in [1.29, 1.82) is 0 Å². The number of carbonyl (C=O) groups is 1. The van der Waals surface area contributed by atoms with Crippen molar-refractivity contribution in [2.45, 2.75) is 45.6 Å². The summed E-state index contributed by atoms with van der Waals surface area (Å²) in [4.78, 5) is 25.5. The third-order valence-corrected chi connectivity index (χ3v) is 5.93. The number of rotatable bonds is 5. The van der Waals surface area contributed by atoms with E-state index in [2.05, 4.69) is 28.9 Å². The zero-order chi connectivity index (χ0) is 20.2. The number of likely N-dealkylation sites (tertiary alicyclic amines) is 1. The van der Waals surface area contributed by atoms with Crippen molar-refractivity contribution in [3.05, 3.63) is 53.1 Å². The molecule has 0 unspecified atom stereocenters. The number of hydrogen-bond donors (Lipinski definition) is 0. The summed E-state index contributed by atoms with van der Waals surface area (Å²) >= 11 is 0. The maximum atomic E-state index is 11.6. The lowest BCUT2D eigenvalue weighted by atomic mass is 9.96. The Hall–Kier alpha value is -2.47. The van der Waals surface area contributed by atoms with Crippen LogP contribution in [0.1, 0.15) is 48.3 Å². The monoisotopic (exact) mass is 394 g/mol. The van der Waals surface area contributed by atoms with E-state index in [-0.39, 0.29) is 5.91 Å². The van der Waals surface area contributed by atoms with Crippen molar-refractivity contribution in [2.75, 3.05) is 32.8 Å². The van der Waals surface area contributed by atoms with Crippen LogP contribution in [-0.2, 0) is 17.8 Å². The molecule has 1 fully saturated rings. The first-order valence-corrected chi connectivity index (χ1v) is 10.6. The van der Waals surface area contributed by atoms with Crippen LogP contribution in [0.15, 0.2) is 30.5 Å². The first-order chi connectivity index (χ1) is 14.1. The fourth-order valence-electron chi connectivity index (χ4n) is 4.26. The Morgan fingerprint density at radius 2 is 2.21 bits per heavy atom. The molecule has 29 heavy (non-hydrogen) atoms. The molecule has 6 nitrogen and oxygen atoms in total. The van der Waals surface area contributed by atoms with Crippen molar-refractivity contribution < 1.29 is 9.53 Å². The first kappa shape index (κ1) is 19.8. The number of piperidine rings is 1. The van der Waals surface area contributed by atoms with Crippen LogP contribution in [0.25, 0.3) is 0 Å². The highest BCUT2D eigenvalue weighted by Gasteiger charge is 2.26. The van der Waals surface area contributed by atoms with Gasteiger partial charge in [-0.25, -0.2) is 9.97 Å². The molecule has 1 aromatic heterocycles. The lowest BCUT2D eigenvalue weighted by Gasteiger charge is -2.32. The van der Waals surface area contributed by atoms with Gasteiger partial charge in [-0.2, -0.15) is 0 Å². The smallest absolute Gasteiger partial charge is 0.219 e. The Kier molecular flexibility index (Phi) is 6.09. The number of carbonyl (C=O) groups excluding carboxylic acids is 1. The third kappa shape index (κ3) is 4.93. The Labute approximate surface area is 172 Å². The largest absolute Gasteiger partial charge is 0.492 e. The first-order valence-electron chi connectivity index (χ1n) is 10.6. The minimum atomic E-state index is 0.121. The Bertz CT molecular complexity index is 870. The SMILES string of the molecule is CC(=O)N1CCc2nc([C@@H]3CCCN(CCOc4cccc(C)c4)C3)ncc2C1. The number of nitrogens with zero attached hydrogens (tertiary/aromatic N) is 4. The highest BCUT2D eigenvalue weighted by Crippen LogP contribution is 2.26. The van der Waals surface area contributed by atoms with Crippen molar-refractivity contribution >= 4 is 5.91 Å². The van der Waals surface area contributed by atoms with E-state index in [9.17, 15) is 4.79 Å². The molecule has 4 rings (SSSR count). The topological polar surface area (TPSA) is 58.6 Å². The molecule has 0 N–H and O–H groups in total. The van der Waals surface area contributed by atoms with Crippen LogP contribution >= 0.6 is 0 Å². The molecule has 1 saturated heterocycles. The number of aryl methyl sites for hydroxylation is 1.